The first-order valence-electron chi connectivity index (χ1n) is 7.64. The van der Waals surface area contributed by atoms with Gasteiger partial charge in [-0.25, -0.2) is 9.59 Å². The lowest BCUT2D eigenvalue weighted by molar-refractivity contribution is -0.134. The van der Waals surface area contributed by atoms with E-state index >= 15 is 0 Å². The molecule has 0 aliphatic carbocycles. The van der Waals surface area contributed by atoms with Crippen LogP contribution in [0.15, 0.2) is 54.6 Å². The van der Waals surface area contributed by atoms with Gasteiger partial charge < -0.3 is 20.4 Å². The number of hydrogen-bond donors (Lipinski definition) is 3. The van der Waals surface area contributed by atoms with Crippen LogP contribution in [0, 0.1) is 0 Å². The summed E-state index contributed by atoms with van der Waals surface area (Å²) < 4.78 is 0. The van der Waals surface area contributed by atoms with Gasteiger partial charge in [-0.3, -0.25) is 0 Å². The molecule has 3 N–H and O–H groups in total. The highest BCUT2D eigenvalue weighted by molar-refractivity contribution is 5.89. The zero-order valence-electron chi connectivity index (χ0n) is 13.2. The Morgan fingerprint density at radius 2 is 1.50 bits per heavy atom. The van der Waals surface area contributed by atoms with Gasteiger partial charge in [-0.1, -0.05) is 30.3 Å². The summed E-state index contributed by atoms with van der Waals surface area (Å²) in [6.07, 6.45) is 1.12. The number of nitrogens with zero attached hydrogens (tertiary/aromatic N) is 1. The first-order valence-corrected chi connectivity index (χ1v) is 7.64. The average molecular weight is 328 g/mol. The molecule has 0 amide bonds. The SMILES string of the molecule is O=C(O)/C=C\C(=O)O.c1ccc2cc(N3CCNCC3)ccc2c1. The lowest BCUT2D eigenvalue weighted by Gasteiger charge is -2.29. The van der Waals surface area contributed by atoms with Gasteiger partial charge in [-0.2, -0.15) is 0 Å². The summed E-state index contributed by atoms with van der Waals surface area (Å²) in [6.45, 7) is 4.40. The number of rotatable bonds is 3. The summed E-state index contributed by atoms with van der Waals surface area (Å²) in [4.78, 5) is 21.6. The Morgan fingerprint density at radius 3 is 2.08 bits per heavy atom. The molecule has 2 aromatic carbocycles. The van der Waals surface area contributed by atoms with E-state index < -0.39 is 11.9 Å². The van der Waals surface area contributed by atoms with Crippen LogP contribution in [-0.4, -0.2) is 48.3 Å². The number of carboxylic acid groups (broad SMARTS) is 2. The van der Waals surface area contributed by atoms with E-state index in [1.54, 1.807) is 0 Å². The minimum Gasteiger partial charge on any atom is -0.478 e. The van der Waals surface area contributed by atoms with Gasteiger partial charge in [0.2, 0.25) is 0 Å². The van der Waals surface area contributed by atoms with Crippen LogP contribution in [0.4, 0.5) is 5.69 Å². The number of nitrogens with one attached hydrogen (secondary N) is 1. The van der Waals surface area contributed by atoms with Crippen molar-refractivity contribution in [1.82, 2.24) is 5.32 Å². The van der Waals surface area contributed by atoms with E-state index in [1.165, 1.54) is 16.5 Å². The molecule has 0 aromatic heterocycles. The van der Waals surface area contributed by atoms with Crippen LogP contribution < -0.4 is 10.2 Å². The van der Waals surface area contributed by atoms with E-state index in [4.69, 9.17) is 10.2 Å². The quantitative estimate of drug-likeness (QED) is 0.746. The second-order valence-electron chi connectivity index (χ2n) is 5.28. The Balaban J connectivity index is 0.000000224. The molecule has 6 heteroatoms. The molecule has 24 heavy (non-hydrogen) atoms. The fraction of sp³-hybridized carbons (Fsp3) is 0.222. The fourth-order valence-corrected chi connectivity index (χ4v) is 2.44. The predicted octanol–water partition coefficient (Wildman–Crippen LogP) is 1.96. The second-order valence-corrected chi connectivity index (χ2v) is 5.28. The zero-order valence-corrected chi connectivity index (χ0v) is 13.2. The smallest absolute Gasteiger partial charge is 0.328 e. The molecule has 1 fully saturated rings. The van der Waals surface area contributed by atoms with Crippen LogP contribution in [0.2, 0.25) is 0 Å². The van der Waals surface area contributed by atoms with Crippen LogP contribution in [-0.2, 0) is 9.59 Å². The molecule has 0 saturated carbocycles. The number of piperazine rings is 1. The topological polar surface area (TPSA) is 89.9 Å². The Morgan fingerprint density at radius 1 is 0.917 bits per heavy atom. The van der Waals surface area contributed by atoms with E-state index in [0.717, 1.165) is 26.2 Å². The Bertz CT molecular complexity index is 721. The minimum absolute atomic E-state index is 0.558. The van der Waals surface area contributed by atoms with Crippen LogP contribution in [0.5, 0.6) is 0 Å². The molecule has 1 aliphatic rings. The third-order valence-electron chi connectivity index (χ3n) is 3.58. The van der Waals surface area contributed by atoms with Gasteiger partial charge in [0, 0.05) is 44.0 Å². The van der Waals surface area contributed by atoms with E-state index in [1.807, 2.05) is 0 Å². The normalized spacial score (nSPS) is 14.2. The molecular weight excluding hydrogens is 308 g/mol. The van der Waals surface area contributed by atoms with E-state index in [-0.39, 0.29) is 0 Å². The van der Waals surface area contributed by atoms with Crippen molar-refractivity contribution in [3.8, 4) is 0 Å². The molecule has 2 aromatic rings. The van der Waals surface area contributed by atoms with Crippen LogP contribution in [0.1, 0.15) is 0 Å². The Labute approximate surface area is 140 Å². The molecule has 0 unspecified atom stereocenters. The lowest BCUT2D eigenvalue weighted by Crippen LogP contribution is -2.43. The van der Waals surface area contributed by atoms with Crippen LogP contribution in [0.3, 0.4) is 0 Å². The van der Waals surface area contributed by atoms with Gasteiger partial charge in [-0.15, -0.1) is 0 Å². The summed E-state index contributed by atoms with van der Waals surface area (Å²) in [6, 6.07) is 15.3. The zero-order chi connectivity index (χ0) is 17.4. The third kappa shape index (κ3) is 5.40. The van der Waals surface area contributed by atoms with Crippen LogP contribution >= 0.6 is 0 Å². The highest BCUT2D eigenvalue weighted by atomic mass is 16.4. The van der Waals surface area contributed by atoms with E-state index in [9.17, 15) is 9.59 Å². The van der Waals surface area contributed by atoms with E-state index in [0.29, 0.717) is 12.2 Å². The summed E-state index contributed by atoms with van der Waals surface area (Å²) in [5.74, 6) is -2.51. The first kappa shape index (κ1) is 17.5. The molecule has 1 saturated heterocycles. The fourth-order valence-electron chi connectivity index (χ4n) is 2.44. The number of carbonyl (C=O) groups is 2. The number of hydrogen-bond acceptors (Lipinski definition) is 4. The van der Waals surface area contributed by atoms with Gasteiger partial charge in [0.25, 0.3) is 0 Å². The van der Waals surface area contributed by atoms with Crippen molar-refractivity contribution in [3.05, 3.63) is 54.6 Å². The van der Waals surface area contributed by atoms with Gasteiger partial charge in [0.1, 0.15) is 0 Å². The molecule has 0 spiro atoms. The molecule has 0 atom stereocenters. The maximum absolute atomic E-state index is 9.55. The lowest BCUT2D eigenvalue weighted by atomic mass is 10.1. The number of anilines is 1. The molecule has 0 bridgehead atoms. The van der Waals surface area contributed by atoms with Gasteiger partial charge >= 0.3 is 11.9 Å². The second kappa shape index (κ2) is 8.69. The van der Waals surface area contributed by atoms with Gasteiger partial charge in [0.05, 0.1) is 0 Å². The van der Waals surface area contributed by atoms with Crippen molar-refractivity contribution in [1.29, 1.82) is 0 Å². The molecule has 3 rings (SSSR count). The third-order valence-corrected chi connectivity index (χ3v) is 3.58. The number of fused-ring (bicyclic) bond motifs is 1. The molecular formula is C18H20N2O4. The van der Waals surface area contributed by atoms with E-state index in [2.05, 4.69) is 52.7 Å². The minimum atomic E-state index is -1.26. The van der Waals surface area contributed by atoms with Crippen molar-refractivity contribution >= 4 is 28.4 Å². The number of aliphatic carboxylic acids is 2. The molecule has 1 heterocycles. The first-order chi connectivity index (χ1) is 11.6. The standard InChI is InChI=1S/C14H16N2.C4H4O4/c1-2-4-13-11-14(6-5-12(13)3-1)16-9-7-15-8-10-16;5-3(6)1-2-4(7)8/h1-6,11,15H,7-10H2;1-2H,(H,5,6)(H,7,8)/b;2-1-. The largest absolute Gasteiger partial charge is 0.478 e. The average Bonchev–Trinajstić information content (AvgIpc) is 2.61. The maximum atomic E-state index is 9.55. The summed E-state index contributed by atoms with van der Waals surface area (Å²) >= 11 is 0. The Hall–Kier alpha value is -2.86. The monoisotopic (exact) mass is 328 g/mol. The molecule has 126 valence electrons. The summed E-state index contributed by atoms with van der Waals surface area (Å²) in [5, 5.41) is 21.7. The summed E-state index contributed by atoms with van der Waals surface area (Å²) in [7, 11) is 0. The van der Waals surface area contributed by atoms with Crippen LogP contribution in [0.25, 0.3) is 10.8 Å². The van der Waals surface area contributed by atoms with Crippen molar-refractivity contribution in [2.24, 2.45) is 0 Å². The number of benzene rings is 2. The highest BCUT2D eigenvalue weighted by Crippen LogP contribution is 2.22. The van der Waals surface area contributed by atoms with Crippen molar-refractivity contribution in [2.45, 2.75) is 0 Å². The summed E-state index contributed by atoms with van der Waals surface area (Å²) in [5.41, 5.74) is 1.35. The highest BCUT2D eigenvalue weighted by Gasteiger charge is 2.10. The van der Waals surface area contributed by atoms with Crippen molar-refractivity contribution < 1.29 is 19.8 Å². The number of carboxylic acids is 2. The van der Waals surface area contributed by atoms with Gasteiger partial charge in [-0.05, 0) is 22.9 Å². The predicted molar refractivity (Wildman–Crippen MR) is 93.4 cm³/mol. The van der Waals surface area contributed by atoms with Crippen molar-refractivity contribution in [3.63, 3.8) is 0 Å². The maximum Gasteiger partial charge on any atom is 0.328 e. The molecule has 0 radical (unpaired) electrons. The molecule has 1 aliphatic heterocycles. The van der Waals surface area contributed by atoms with Crippen molar-refractivity contribution in [2.75, 3.05) is 31.1 Å². The molecule has 6 nitrogen and oxygen atoms in total. The van der Waals surface area contributed by atoms with Gasteiger partial charge in [0.15, 0.2) is 0 Å². The Kier molecular flexibility index (Phi) is 6.33.